The van der Waals surface area contributed by atoms with E-state index in [4.69, 9.17) is 18.9 Å². The monoisotopic (exact) mass is 428 g/mol. The quantitative estimate of drug-likeness (QED) is 0.562. The molecule has 4 fully saturated rings. The summed E-state index contributed by atoms with van der Waals surface area (Å²) in [6.07, 6.45) is -0.257. The van der Waals surface area contributed by atoms with E-state index in [1.807, 2.05) is 13.8 Å². The van der Waals surface area contributed by atoms with Crippen LogP contribution in [0.2, 0.25) is 0 Å². The van der Waals surface area contributed by atoms with Gasteiger partial charge in [-0.05, 0) is 44.9 Å². The molecule has 8 nitrogen and oxygen atoms in total. The van der Waals surface area contributed by atoms with E-state index >= 15 is 0 Å². The lowest BCUT2D eigenvalue weighted by Crippen LogP contribution is -2.65. The number of carbonyl (C=O) groups is 1. The third-order valence-electron chi connectivity index (χ3n) is 9.04. The van der Waals surface area contributed by atoms with Gasteiger partial charge in [0.05, 0.1) is 11.0 Å². The molecule has 0 spiro atoms. The van der Waals surface area contributed by atoms with Crippen LogP contribution >= 0.6 is 0 Å². The Labute approximate surface area is 177 Å². The molecule has 2 aliphatic carbocycles. The zero-order valence-electron chi connectivity index (χ0n) is 18.6. The average Bonchev–Trinajstić information content (AvgIpc) is 3.10. The molecule has 0 bridgehead atoms. The summed E-state index contributed by atoms with van der Waals surface area (Å²) in [6, 6.07) is 0. The van der Waals surface area contributed by atoms with E-state index in [-0.39, 0.29) is 36.8 Å². The molecule has 172 valence electrons. The van der Waals surface area contributed by atoms with Crippen LogP contribution in [-0.4, -0.2) is 71.5 Å². The van der Waals surface area contributed by atoms with Crippen molar-refractivity contribution in [2.24, 2.45) is 22.7 Å². The van der Waals surface area contributed by atoms with Crippen LogP contribution in [0.5, 0.6) is 0 Å². The minimum Gasteiger partial charge on any atom is -0.462 e. The Balaban J connectivity index is 1.64. The molecule has 8 heteroatoms. The lowest BCUT2D eigenvalue weighted by atomic mass is 9.44. The molecule has 0 amide bonds. The van der Waals surface area contributed by atoms with Crippen LogP contribution in [-0.2, 0) is 23.7 Å². The van der Waals surface area contributed by atoms with Crippen LogP contribution in [0.15, 0.2) is 0 Å². The van der Waals surface area contributed by atoms with E-state index in [0.717, 1.165) is 19.3 Å². The molecule has 0 aromatic rings. The summed E-state index contributed by atoms with van der Waals surface area (Å²) in [5, 5.41) is 34.0. The average molecular weight is 429 g/mol. The molecule has 2 saturated heterocycles. The van der Waals surface area contributed by atoms with Gasteiger partial charge in [-0.15, -0.1) is 0 Å². The number of carbonyl (C=O) groups excluding carboxylic acids is 1. The summed E-state index contributed by atoms with van der Waals surface area (Å²) in [4.78, 5) is 12.7. The first kappa shape index (κ1) is 22.4. The molecule has 0 radical (unpaired) electrons. The molecule has 30 heavy (non-hydrogen) atoms. The van der Waals surface area contributed by atoms with E-state index < -0.39 is 40.7 Å². The van der Waals surface area contributed by atoms with E-state index in [1.54, 1.807) is 0 Å². The molecule has 3 N–H and O–H groups in total. The molecule has 2 aliphatic heterocycles. The van der Waals surface area contributed by atoms with Crippen LogP contribution < -0.4 is 0 Å². The highest BCUT2D eigenvalue weighted by Gasteiger charge is 2.71. The van der Waals surface area contributed by atoms with Crippen molar-refractivity contribution in [3.63, 3.8) is 0 Å². The number of ether oxygens (including phenoxy) is 4. The first-order chi connectivity index (χ1) is 14.0. The van der Waals surface area contributed by atoms with Crippen LogP contribution in [0.25, 0.3) is 0 Å². The highest BCUT2D eigenvalue weighted by molar-refractivity contribution is 5.80. The molecule has 4 aliphatic rings. The van der Waals surface area contributed by atoms with Gasteiger partial charge in [-0.3, -0.25) is 4.79 Å². The van der Waals surface area contributed by atoms with Gasteiger partial charge >= 0.3 is 5.97 Å². The van der Waals surface area contributed by atoms with Crippen molar-refractivity contribution in [3.05, 3.63) is 0 Å². The van der Waals surface area contributed by atoms with E-state index in [1.165, 1.54) is 14.2 Å². The first-order valence-electron chi connectivity index (χ1n) is 11.0. The molecular weight excluding hydrogens is 392 g/mol. The van der Waals surface area contributed by atoms with Crippen molar-refractivity contribution < 1.29 is 39.1 Å². The summed E-state index contributed by atoms with van der Waals surface area (Å²) in [7, 11) is 2.79. The predicted octanol–water partition coefficient (Wildman–Crippen LogP) is 1.34. The third kappa shape index (κ3) is 2.70. The number of aliphatic hydroxyl groups is 3. The Hall–Kier alpha value is -0.770. The van der Waals surface area contributed by atoms with E-state index in [0.29, 0.717) is 6.42 Å². The van der Waals surface area contributed by atoms with Gasteiger partial charge in [-0.1, -0.05) is 20.3 Å². The van der Waals surface area contributed by atoms with Crippen molar-refractivity contribution in [1.29, 1.82) is 0 Å². The molecular formula is C22H36O8. The standard InChI is InChI=1S/C22H36O8/c1-12-11-13-14-19(2,17(24)29-13)7-6-8-20(14,3)22(12,26)10-9-21(25)15(23)16(27-4)30-18(21)28-5/h12-16,18,23,25-26H,6-11H2,1-5H3. The predicted molar refractivity (Wildman–Crippen MR) is 105 cm³/mol. The van der Waals surface area contributed by atoms with Crippen molar-refractivity contribution in [2.45, 2.75) is 95.3 Å². The number of hydrogen-bond acceptors (Lipinski definition) is 8. The van der Waals surface area contributed by atoms with Crippen LogP contribution in [0.1, 0.15) is 59.3 Å². The third-order valence-corrected chi connectivity index (χ3v) is 9.04. The van der Waals surface area contributed by atoms with Gasteiger partial charge in [0.15, 0.2) is 12.6 Å². The number of hydrogen-bond donors (Lipinski definition) is 3. The van der Waals surface area contributed by atoms with E-state index in [9.17, 15) is 20.1 Å². The zero-order valence-corrected chi connectivity index (χ0v) is 18.6. The Morgan fingerprint density at radius 1 is 1.13 bits per heavy atom. The summed E-state index contributed by atoms with van der Waals surface area (Å²) < 4.78 is 21.7. The van der Waals surface area contributed by atoms with Crippen LogP contribution in [0.3, 0.4) is 0 Å². The number of aliphatic hydroxyl groups excluding tert-OH is 1. The number of rotatable bonds is 5. The summed E-state index contributed by atoms with van der Waals surface area (Å²) in [5.41, 5.74) is -3.98. The van der Waals surface area contributed by atoms with E-state index in [2.05, 4.69) is 6.92 Å². The lowest BCUT2D eigenvalue weighted by molar-refractivity contribution is -0.238. The first-order valence-corrected chi connectivity index (χ1v) is 11.0. The van der Waals surface area contributed by atoms with Gasteiger partial charge in [-0.25, -0.2) is 0 Å². The van der Waals surface area contributed by atoms with Gasteiger partial charge in [0.25, 0.3) is 0 Å². The van der Waals surface area contributed by atoms with Gasteiger partial charge in [0.1, 0.15) is 17.8 Å². The Morgan fingerprint density at radius 3 is 2.47 bits per heavy atom. The normalized spacial score (nSPS) is 55.4. The van der Waals surface area contributed by atoms with Gasteiger partial charge in [0.2, 0.25) is 0 Å². The molecule has 2 saturated carbocycles. The van der Waals surface area contributed by atoms with Gasteiger partial charge < -0.3 is 34.3 Å². The fraction of sp³-hybridized carbons (Fsp3) is 0.955. The summed E-state index contributed by atoms with van der Waals surface area (Å²) in [6.45, 7) is 6.02. The number of methoxy groups -OCH3 is 2. The molecule has 4 rings (SSSR count). The van der Waals surface area contributed by atoms with Crippen molar-refractivity contribution in [3.8, 4) is 0 Å². The second kappa shape index (κ2) is 7.12. The molecule has 0 aromatic carbocycles. The maximum absolute atomic E-state index is 12.7. The molecule has 10 atom stereocenters. The SMILES string of the molecule is COC1OC(OC)C(O)(CCC2(O)C(C)CC3OC(=O)C4(C)CCCC2(C)C34)C1O. The second-order valence-corrected chi connectivity index (χ2v) is 10.4. The maximum Gasteiger partial charge on any atom is 0.312 e. The zero-order chi connectivity index (χ0) is 22.1. The summed E-state index contributed by atoms with van der Waals surface area (Å²) >= 11 is 0. The van der Waals surface area contributed by atoms with Crippen LogP contribution in [0, 0.1) is 22.7 Å². The topological polar surface area (TPSA) is 115 Å². The molecule has 10 unspecified atom stereocenters. The Morgan fingerprint density at radius 2 is 1.83 bits per heavy atom. The minimum absolute atomic E-state index is 0.0724. The Kier molecular flexibility index (Phi) is 5.32. The highest BCUT2D eigenvalue weighted by Crippen LogP contribution is 2.67. The minimum atomic E-state index is -1.71. The Bertz CT molecular complexity index is 697. The largest absolute Gasteiger partial charge is 0.462 e. The second-order valence-electron chi connectivity index (χ2n) is 10.4. The molecule has 0 aromatic heterocycles. The van der Waals surface area contributed by atoms with Crippen LogP contribution in [0.4, 0.5) is 0 Å². The fourth-order valence-corrected chi connectivity index (χ4v) is 7.32. The highest BCUT2D eigenvalue weighted by atomic mass is 16.8. The van der Waals surface area contributed by atoms with Gasteiger partial charge in [-0.2, -0.15) is 0 Å². The van der Waals surface area contributed by atoms with Gasteiger partial charge in [0, 0.05) is 25.6 Å². The van der Waals surface area contributed by atoms with Crippen molar-refractivity contribution >= 4 is 5.97 Å². The maximum atomic E-state index is 12.7. The summed E-state index contributed by atoms with van der Waals surface area (Å²) in [5.74, 6) is -0.364. The lowest BCUT2D eigenvalue weighted by Gasteiger charge is -2.61. The van der Waals surface area contributed by atoms with Crippen molar-refractivity contribution in [1.82, 2.24) is 0 Å². The molecule has 2 heterocycles. The fourth-order valence-electron chi connectivity index (χ4n) is 7.32. The smallest absolute Gasteiger partial charge is 0.312 e. The number of esters is 1. The van der Waals surface area contributed by atoms with Crippen molar-refractivity contribution in [2.75, 3.05) is 14.2 Å².